The number of nitrogens with one attached hydrogen (secondary N) is 1. The van der Waals surface area contributed by atoms with E-state index in [9.17, 15) is 14.7 Å². The van der Waals surface area contributed by atoms with Crippen LogP contribution in [0.2, 0.25) is 0 Å². The minimum absolute atomic E-state index is 0.0304. The number of carboxylic acids is 1. The maximum Gasteiger partial charge on any atom is 0.317 e. The van der Waals surface area contributed by atoms with Crippen molar-refractivity contribution in [2.45, 2.75) is 39.5 Å². The molecule has 3 aromatic rings. The van der Waals surface area contributed by atoms with Gasteiger partial charge in [-0.3, -0.25) is 19.6 Å². The lowest BCUT2D eigenvalue weighted by Gasteiger charge is -2.31. The van der Waals surface area contributed by atoms with E-state index in [0.29, 0.717) is 24.5 Å². The number of aryl methyl sites for hydroxylation is 3. The van der Waals surface area contributed by atoms with Crippen molar-refractivity contribution >= 4 is 17.3 Å². The van der Waals surface area contributed by atoms with Gasteiger partial charge in [0.15, 0.2) is 5.69 Å². The number of aromatic nitrogens is 2. The molecule has 1 aliphatic rings. The van der Waals surface area contributed by atoms with Crippen LogP contribution in [0, 0.1) is 20.8 Å². The van der Waals surface area contributed by atoms with Crippen LogP contribution in [-0.4, -0.2) is 50.5 Å². The molecule has 0 bridgehead atoms. The number of carbonyl (C=O) groups is 1. The Hall–Kier alpha value is -3.72. The summed E-state index contributed by atoms with van der Waals surface area (Å²) in [5.74, 6) is -0.679. The molecule has 0 unspecified atom stereocenters. The first-order valence-corrected chi connectivity index (χ1v) is 11.3. The van der Waals surface area contributed by atoms with Gasteiger partial charge in [0.25, 0.3) is 5.56 Å². The predicted octanol–water partition coefficient (Wildman–Crippen LogP) is 4.48. The summed E-state index contributed by atoms with van der Waals surface area (Å²) < 4.78 is 1.44. The number of phenolic OH excluding ortho intramolecular Hbond substituents is 1. The lowest BCUT2D eigenvalue weighted by molar-refractivity contribution is -0.138. The van der Waals surface area contributed by atoms with Crippen LogP contribution in [0.15, 0.2) is 51.4 Å². The maximum absolute atomic E-state index is 13.0. The Bertz CT molecular complexity index is 1300. The number of aliphatic carboxylic acids is 1. The zero-order chi connectivity index (χ0) is 24.4. The van der Waals surface area contributed by atoms with E-state index in [4.69, 9.17) is 5.11 Å². The smallest absolute Gasteiger partial charge is 0.317 e. The molecular formula is C25H29N5O4. The molecule has 1 aliphatic heterocycles. The SMILES string of the molecule is Cc1ccc(-n2[nH]c(C)c(N=Nc3cccc(C4CCN(CC(=O)O)CC4)c3O)c2=O)cc1C. The number of piperidine rings is 1. The first-order valence-electron chi connectivity index (χ1n) is 11.3. The van der Waals surface area contributed by atoms with E-state index in [0.717, 1.165) is 35.2 Å². The number of phenols is 1. The summed E-state index contributed by atoms with van der Waals surface area (Å²) in [6.07, 6.45) is 1.50. The van der Waals surface area contributed by atoms with E-state index in [1.54, 1.807) is 13.0 Å². The van der Waals surface area contributed by atoms with Crippen LogP contribution >= 0.6 is 0 Å². The summed E-state index contributed by atoms with van der Waals surface area (Å²) in [4.78, 5) is 25.8. The molecule has 1 aromatic heterocycles. The molecule has 0 saturated carbocycles. The molecule has 0 spiro atoms. The number of hydrogen-bond acceptors (Lipinski definition) is 6. The van der Waals surface area contributed by atoms with Crippen molar-refractivity contribution in [3.05, 3.63) is 69.1 Å². The first-order chi connectivity index (χ1) is 16.2. The Morgan fingerprint density at radius 1 is 1.09 bits per heavy atom. The molecule has 178 valence electrons. The fourth-order valence-electron chi connectivity index (χ4n) is 4.36. The number of hydrogen-bond donors (Lipinski definition) is 3. The van der Waals surface area contributed by atoms with Gasteiger partial charge in [-0.15, -0.1) is 10.2 Å². The van der Waals surface area contributed by atoms with Gasteiger partial charge in [0.05, 0.1) is 17.9 Å². The second-order valence-electron chi connectivity index (χ2n) is 8.85. The normalized spacial score (nSPS) is 15.3. The largest absolute Gasteiger partial charge is 0.505 e. The lowest BCUT2D eigenvalue weighted by Crippen LogP contribution is -2.36. The van der Waals surface area contributed by atoms with E-state index in [2.05, 4.69) is 15.3 Å². The maximum atomic E-state index is 13.0. The van der Waals surface area contributed by atoms with Crippen LogP contribution < -0.4 is 5.56 Å². The molecule has 1 saturated heterocycles. The zero-order valence-corrected chi connectivity index (χ0v) is 19.6. The summed E-state index contributed by atoms with van der Waals surface area (Å²) in [7, 11) is 0. The summed E-state index contributed by atoms with van der Waals surface area (Å²) in [5, 5.41) is 31.3. The topological polar surface area (TPSA) is 123 Å². The molecule has 4 rings (SSSR count). The minimum atomic E-state index is -0.833. The van der Waals surface area contributed by atoms with Gasteiger partial charge in [-0.25, -0.2) is 4.68 Å². The average Bonchev–Trinajstić information content (AvgIpc) is 3.08. The highest BCUT2D eigenvalue weighted by Gasteiger charge is 2.24. The molecule has 0 radical (unpaired) electrons. The van der Waals surface area contributed by atoms with Crippen LogP contribution in [0.4, 0.5) is 11.4 Å². The molecule has 0 amide bonds. The van der Waals surface area contributed by atoms with Gasteiger partial charge in [-0.1, -0.05) is 18.2 Å². The Morgan fingerprint density at radius 3 is 2.50 bits per heavy atom. The molecule has 3 N–H and O–H groups in total. The number of carboxylic acid groups (broad SMARTS) is 1. The Morgan fingerprint density at radius 2 is 1.82 bits per heavy atom. The molecule has 9 heteroatoms. The van der Waals surface area contributed by atoms with Crippen LogP contribution in [0.5, 0.6) is 5.75 Å². The molecule has 2 heterocycles. The lowest BCUT2D eigenvalue weighted by atomic mass is 9.88. The second-order valence-corrected chi connectivity index (χ2v) is 8.85. The summed E-state index contributed by atoms with van der Waals surface area (Å²) >= 11 is 0. The molecular weight excluding hydrogens is 434 g/mol. The number of H-pyrrole nitrogens is 1. The van der Waals surface area contributed by atoms with Gasteiger partial charge in [-0.2, -0.15) is 0 Å². The van der Waals surface area contributed by atoms with E-state index < -0.39 is 5.97 Å². The van der Waals surface area contributed by atoms with Crippen LogP contribution in [0.25, 0.3) is 5.69 Å². The van der Waals surface area contributed by atoms with E-state index in [1.165, 1.54) is 4.68 Å². The Kier molecular flexibility index (Phi) is 6.65. The molecule has 0 atom stereocenters. The Labute approximate surface area is 197 Å². The summed E-state index contributed by atoms with van der Waals surface area (Å²) in [6, 6.07) is 11.1. The van der Waals surface area contributed by atoms with E-state index in [-0.39, 0.29) is 29.5 Å². The standard InChI is InChI=1S/C25H29N5O4/c1-15-7-8-19(13-16(15)2)30-25(34)23(17(3)28-30)27-26-21-6-4-5-20(24(21)33)18-9-11-29(12-10-18)14-22(31)32/h4-8,13,18,28,33H,9-12,14H2,1-3H3,(H,31,32). The molecule has 2 aromatic carbocycles. The quantitative estimate of drug-likeness (QED) is 0.465. The highest BCUT2D eigenvalue weighted by Crippen LogP contribution is 2.39. The molecule has 34 heavy (non-hydrogen) atoms. The van der Waals surface area contributed by atoms with Crippen LogP contribution in [0.1, 0.15) is 41.1 Å². The number of aromatic hydroxyl groups is 1. The number of benzene rings is 2. The highest BCUT2D eigenvalue weighted by molar-refractivity contribution is 5.69. The van der Waals surface area contributed by atoms with Crippen molar-refractivity contribution in [2.24, 2.45) is 10.2 Å². The van der Waals surface area contributed by atoms with Gasteiger partial charge in [-0.05, 0) is 87.5 Å². The van der Waals surface area contributed by atoms with Gasteiger partial charge < -0.3 is 10.2 Å². The average molecular weight is 464 g/mol. The van der Waals surface area contributed by atoms with Crippen molar-refractivity contribution in [3.63, 3.8) is 0 Å². The third-order valence-corrected chi connectivity index (χ3v) is 6.48. The molecule has 1 fully saturated rings. The first kappa shape index (κ1) is 23.4. The third-order valence-electron chi connectivity index (χ3n) is 6.48. The van der Waals surface area contributed by atoms with Crippen molar-refractivity contribution in [1.29, 1.82) is 0 Å². The Balaban J connectivity index is 1.56. The highest BCUT2D eigenvalue weighted by atomic mass is 16.4. The number of para-hydroxylation sites is 1. The number of aromatic amines is 1. The second kappa shape index (κ2) is 9.64. The third kappa shape index (κ3) is 4.79. The van der Waals surface area contributed by atoms with Gasteiger partial charge >= 0.3 is 5.97 Å². The van der Waals surface area contributed by atoms with Crippen LogP contribution in [0.3, 0.4) is 0 Å². The van der Waals surface area contributed by atoms with Crippen molar-refractivity contribution in [2.75, 3.05) is 19.6 Å². The van der Waals surface area contributed by atoms with Crippen molar-refractivity contribution in [1.82, 2.24) is 14.7 Å². The zero-order valence-electron chi connectivity index (χ0n) is 19.6. The van der Waals surface area contributed by atoms with Gasteiger partial charge in [0, 0.05) is 0 Å². The van der Waals surface area contributed by atoms with E-state index in [1.807, 2.05) is 49.1 Å². The summed E-state index contributed by atoms with van der Waals surface area (Å²) in [5.41, 5.74) is 4.45. The van der Waals surface area contributed by atoms with Gasteiger partial charge in [0.1, 0.15) is 11.4 Å². The summed E-state index contributed by atoms with van der Waals surface area (Å²) in [6.45, 7) is 7.11. The monoisotopic (exact) mass is 463 g/mol. The van der Waals surface area contributed by atoms with Crippen molar-refractivity contribution < 1.29 is 15.0 Å². The van der Waals surface area contributed by atoms with Crippen LogP contribution in [-0.2, 0) is 4.79 Å². The van der Waals surface area contributed by atoms with Crippen molar-refractivity contribution in [3.8, 4) is 11.4 Å². The fourth-order valence-corrected chi connectivity index (χ4v) is 4.36. The minimum Gasteiger partial charge on any atom is -0.505 e. The number of rotatable bonds is 6. The number of likely N-dealkylation sites (tertiary alicyclic amines) is 1. The molecule has 9 nitrogen and oxygen atoms in total. The number of nitrogens with zero attached hydrogens (tertiary/aromatic N) is 4. The number of azo groups is 1. The van der Waals surface area contributed by atoms with Gasteiger partial charge in [0.2, 0.25) is 0 Å². The fraction of sp³-hybridized carbons (Fsp3) is 0.360. The molecule has 0 aliphatic carbocycles. The van der Waals surface area contributed by atoms with E-state index >= 15 is 0 Å². The predicted molar refractivity (Wildman–Crippen MR) is 129 cm³/mol.